The summed E-state index contributed by atoms with van der Waals surface area (Å²) < 4.78 is 7.62. The Kier molecular flexibility index (Phi) is 4.84. The fourth-order valence-corrected chi connectivity index (χ4v) is 3.21. The Balaban J connectivity index is 2.13. The van der Waals surface area contributed by atoms with Crippen LogP contribution in [-0.2, 0) is 6.42 Å². The van der Waals surface area contributed by atoms with Crippen LogP contribution in [0.3, 0.4) is 0 Å². The molecule has 1 nitrogen and oxygen atoms in total. The lowest BCUT2D eigenvalue weighted by molar-refractivity contribution is 0.340. The van der Waals surface area contributed by atoms with Crippen molar-refractivity contribution >= 4 is 31.9 Å². The highest BCUT2D eigenvalue weighted by molar-refractivity contribution is 9.11. The molecule has 0 aliphatic rings. The van der Waals surface area contributed by atoms with Crippen LogP contribution in [0.4, 0.5) is 0 Å². The maximum Gasteiger partial charge on any atom is 0.119 e. The van der Waals surface area contributed by atoms with Gasteiger partial charge in [0, 0.05) is 8.95 Å². The summed E-state index contributed by atoms with van der Waals surface area (Å²) in [6.07, 6.45) is 0.921. The van der Waals surface area contributed by atoms with Gasteiger partial charge in [0.05, 0.1) is 6.61 Å². The fraction of sp³-hybridized carbons (Fsp3) is 0.200. The normalized spacial score (nSPS) is 10.4. The van der Waals surface area contributed by atoms with Gasteiger partial charge in [-0.05, 0) is 54.8 Å². The van der Waals surface area contributed by atoms with E-state index >= 15 is 0 Å². The average molecular weight is 370 g/mol. The van der Waals surface area contributed by atoms with Gasteiger partial charge in [-0.1, -0.05) is 44.0 Å². The molecule has 0 unspecified atom stereocenters. The molecule has 0 saturated heterocycles. The molecule has 0 amide bonds. The van der Waals surface area contributed by atoms with E-state index in [9.17, 15) is 0 Å². The lowest BCUT2D eigenvalue weighted by Crippen LogP contribution is -1.92. The first-order valence-electron chi connectivity index (χ1n) is 5.84. The van der Waals surface area contributed by atoms with E-state index in [2.05, 4.69) is 56.1 Å². The van der Waals surface area contributed by atoms with Gasteiger partial charge >= 0.3 is 0 Å². The first kappa shape index (κ1) is 13.6. The van der Waals surface area contributed by atoms with Crippen molar-refractivity contribution in [3.8, 4) is 5.75 Å². The Labute approximate surface area is 124 Å². The summed E-state index contributed by atoms with van der Waals surface area (Å²) in [5, 5.41) is 0. The minimum atomic E-state index is 0.706. The van der Waals surface area contributed by atoms with Gasteiger partial charge in [0.15, 0.2) is 0 Å². The zero-order valence-electron chi connectivity index (χ0n) is 10.1. The zero-order valence-corrected chi connectivity index (χ0v) is 13.3. The van der Waals surface area contributed by atoms with Crippen LogP contribution in [-0.4, -0.2) is 6.61 Å². The summed E-state index contributed by atoms with van der Waals surface area (Å²) in [7, 11) is 0. The standard InChI is InChI=1S/C15H14Br2O/c1-2-18-15-5-3-11(4-6-15)7-12-8-13(16)10-14(17)9-12/h3-6,8-10H,2,7H2,1H3. The van der Waals surface area contributed by atoms with Gasteiger partial charge in [0.1, 0.15) is 5.75 Å². The second-order valence-electron chi connectivity index (χ2n) is 4.03. The third kappa shape index (κ3) is 3.85. The van der Waals surface area contributed by atoms with E-state index in [-0.39, 0.29) is 0 Å². The highest BCUT2D eigenvalue weighted by Crippen LogP contribution is 2.22. The van der Waals surface area contributed by atoms with E-state index in [1.54, 1.807) is 0 Å². The summed E-state index contributed by atoms with van der Waals surface area (Å²) in [6, 6.07) is 14.6. The lowest BCUT2D eigenvalue weighted by atomic mass is 10.1. The molecule has 0 aromatic heterocycles. The smallest absolute Gasteiger partial charge is 0.119 e. The van der Waals surface area contributed by atoms with Crippen molar-refractivity contribution in [1.82, 2.24) is 0 Å². The predicted molar refractivity (Wildman–Crippen MR) is 82.3 cm³/mol. The lowest BCUT2D eigenvalue weighted by Gasteiger charge is -2.06. The maximum absolute atomic E-state index is 5.43. The minimum Gasteiger partial charge on any atom is -0.494 e. The number of hydrogen-bond donors (Lipinski definition) is 0. The molecule has 0 radical (unpaired) electrons. The maximum atomic E-state index is 5.43. The summed E-state index contributed by atoms with van der Waals surface area (Å²) in [6.45, 7) is 2.70. The van der Waals surface area contributed by atoms with E-state index in [0.29, 0.717) is 6.61 Å². The van der Waals surface area contributed by atoms with Crippen LogP contribution in [0, 0.1) is 0 Å². The van der Waals surface area contributed by atoms with Crippen LogP contribution in [0.2, 0.25) is 0 Å². The van der Waals surface area contributed by atoms with Gasteiger partial charge in [-0.15, -0.1) is 0 Å². The van der Waals surface area contributed by atoms with Crippen LogP contribution in [0.25, 0.3) is 0 Å². The first-order valence-corrected chi connectivity index (χ1v) is 7.42. The molecule has 0 fully saturated rings. The number of halogens is 2. The molecule has 0 bridgehead atoms. The molecule has 3 heteroatoms. The molecule has 0 aliphatic heterocycles. The molecule has 0 heterocycles. The number of hydrogen-bond acceptors (Lipinski definition) is 1. The van der Waals surface area contributed by atoms with Crippen LogP contribution < -0.4 is 4.74 Å². The summed E-state index contributed by atoms with van der Waals surface area (Å²) in [4.78, 5) is 0. The average Bonchev–Trinajstić information content (AvgIpc) is 2.31. The Morgan fingerprint density at radius 2 is 1.50 bits per heavy atom. The van der Waals surface area contributed by atoms with Crippen molar-refractivity contribution in [3.63, 3.8) is 0 Å². The van der Waals surface area contributed by atoms with Crippen LogP contribution in [0.15, 0.2) is 51.4 Å². The number of benzene rings is 2. The van der Waals surface area contributed by atoms with E-state index < -0.39 is 0 Å². The third-order valence-corrected chi connectivity index (χ3v) is 3.48. The molecule has 0 spiro atoms. The molecule has 94 valence electrons. The van der Waals surface area contributed by atoms with Crippen molar-refractivity contribution < 1.29 is 4.74 Å². The monoisotopic (exact) mass is 368 g/mol. The molecule has 0 N–H and O–H groups in total. The second kappa shape index (κ2) is 6.39. The quantitative estimate of drug-likeness (QED) is 0.719. The largest absolute Gasteiger partial charge is 0.494 e. The molecule has 2 aromatic carbocycles. The summed E-state index contributed by atoms with van der Waals surface area (Å²) in [5.74, 6) is 0.927. The van der Waals surface area contributed by atoms with Crippen LogP contribution >= 0.6 is 31.9 Å². The molecule has 18 heavy (non-hydrogen) atoms. The number of ether oxygens (including phenoxy) is 1. The SMILES string of the molecule is CCOc1ccc(Cc2cc(Br)cc(Br)c2)cc1. The summed E-state index contributed by atoms with van der Waals surface area (Å²) >= 11 is 7.02. The van der Waals surface area contributed by atoms with Gasteiger partial charge in [-0.3, -0.25) is 0 Å². The van der Waals surface area contributed by atoms with Gasteiger partial charge < -0.3 is 4.74 Å². The molecular weight excluding hydrogens is 356 g/mol. The van der Waals surface area contributed by atoms with Gasteiger partial charge in [0.25, 0.3) is 0 Å². The Hall–Kier alpha value is -0.800. The van der Waals surface area contributed by atoms with E-state index in [1.807, 2.05) is 25.1 Å². The van der Waals surface area contributed by atoms with Crippen molar-refractivity contribution in [1.29, 1.82) is 0 Å². The highest BCUT2D eigenvalue weighted by Gasteiger charge is 2.00. The van der Waals surface area contributed by atoms with Crippen LogP contribution in [0.5, 0.6) is 5.75 Å². The minimum absolute atomic E-state index is 0.706. The predicted octanol–water partition coefficient (Wildman–Crippen LogP) is 5.20. The fourth-order valence-electron chi connectivity index (χ4n) is 1.82. The topological polar surface area (TPSA) is 9.23 Å². The Morgan fingerprint density at radius 3 is 2.06 bits per heavy atom. The third-order valence-electron chi connectivity index (χ3n) is 2.56. The number of rotatable bonds is 4. The molecule has 0 aliphatic carbocycles. The van der Waals surface area contributed by atoms with E-state index in [1.165, 1.54) is 11.1 Å². The highest BCUT2D eigenvalue weighted by atomic mass is 79.9. The molecule has 0 saturated carbocycles. The molecular formula is C15H14Br2O. The molecule has 2 rings (SSSR count). The second-order valence-corrected chi connectivity index (χ2v) is 5.86. The van der Waals surface area contributed by atoms with Gasteiger partial charge in [-0.2, -0.15) is 0 Å². The van der Waals surface area contributed by atoms with Crippen LogP contribution in [0.1, 0.15) is 18.1 Å². The van der Waals surface area contributed by atoms with Gasteiger partial charge in [-0.25, -0.2) is 0 Å². The Bertz CT molecular complexity index is 500. The summed E-state index contributed by atoms with van der Waals surface area (Å²) in [5.41, 5.74) is 2.56. The Morgan fingerprint density at radius 1 is 0.889 bits per heavy atom. The van der Waals surface area contributed by atoms with Crippen molar-refractivity contribution in [2.75, 3.05) is 6.61 Å². The van der Waals surface area contributed by atoms with Crippen molar-refractivity contribution in [3.05, 3.63) is 62.5 Å². The first-order chi connectivity index (χ1) is 8.67. The molecule has 0 atom stereocenters. The van der Waals surface area contributed by atoms with E-state index in [4.69, 9.17) is 4.74 Å². The van der Waals surface area contributed by atoms with Crippen molar-refractivity contribution in [2.24, 2.45) is 0 Å². The van der Waals surface area contributed by atoms with E-state index in [0.717, 1.165) is 21.1 Å². The molecule has 2 aromatic rings. The zero-order chi connectivity index (χ0) is 13.0. The van der Waals surface area contributed by atoms with Crippen molar-refractivity contribution in [2.45, 2.75) is 13.3 Å². The van der Waals surface area contributed by atoms with Gasteiger partial charge in [0.2, 0.25) is 0 Å².